The normalized spacial score (nSPS) is 42.6. The zero-order valence-corrected chi connectivity index (χ0v) is 19.4. The Morgan fingerprint density at radius 1 is 1.06 bits per heavy atom. The minimum absolute atomic E-state index is 0.0759. The van der Waals surface area contributed by atoms with Crippen molar-refractivity contribution in [2.45, 2.75) is 94.4 Å². The van der Waals surface area contributed by atoms with Gasteiger partial charge in [-0.25, -0.2) is 0 Å². The summed E-state index contributed by atoms with van der Waals surface area (Å²) in [6.07, 6.45) is 5.03. The highest BCUT2D eigenvalue weighted by molar-refractivity contribution is 7.86. The topological polar surface area (TPSA) is 82.1 Å². The van der Waals surface area contributed by atoms with E-state index in [2.05, 4.69) is 13.8 Å². The van der Waals surface area contributed by atoms with Gasteiger partial charge in [-0.1, -0.05) is 44.4 Å². The van der Waals surface area contributed by atoms with E-state index in [-0.39, 0.29) is 34.7 Å². The lowest BCUT2D eigenvalue weighted by Crippen LogP contribution is -2.49. The van der Waals surface area contributed by atoms with Crippen molar-refractivity contribution in [1.82, 2.24) is 0 Å². The van der Waals surface area contributed by atoms with E-state index >= 15 is 0 Å². The van der Waals surface area contributed by atoms with E-state index in [9.17, 15) is 13.5 Å². The van der Waals surface area contributed by atoms with Crippen LogP contribution in [0.2, 0.25) is 0 Å². The molecule has 8 atom stereocenters. The van der Waals surface area contributed by atoms with Crippen LogP contribution in [0.15, 0.2) is 29.2 Å². The lowest BCUT2D eigenvalue weighted by molar-refractivity contribution is -0.333. The maximum atomic E-state index is 13.1. The Hall–Kier alpha value is -0.990. The monoisotopic (exact) mass is 450 g/mol. The van der Waals surface area contributed by atoms with Crippen molar-refractivity contribution in [1.29, 1.82) is 0 Å². The van der Waals surface area contributed by atoms with Gasteiger partial charge in [-0.3, -0.25) is 4.18 Å². The summed E-state index contributed by atoms with van der Waals surface area (Å²) >= 11 is 0. The number of fused-ring (bicyclic) bond motifs is 2. The number of hydrogen-bond acceptors (Lipinski definition) is 6. The van der Waals surface area contributed by atoms with Crippen molar-refractivity contribution in [3.05, 3.63) is 29.8 Å². The summed E-state index contributed by atoms with van der Waals surface area (Å²) in [6.45, 7) is 6.15. The van der Waals surface area contributed by atoms with E-state index in [0.29, 0.717) is 6.42 Å². The van der Waals surface area contributed by atoms with Gasteiger partial charge in [0.1, 0.15) is 6.10 Å². The number of aryl methyl sites for hydroxylation is 1. The van der Waals surface area contributed by atoms with E-state index in [4.69, 9.17) is 13.7 Å². The number of unbranched alkanes of at least 4 members (excludes halogenated alkanes) is 2. The third-order valence-electron chi connectivity index (χ3n) is 8.05. The van der Waals surface area contributed by atoms with Crippen LogP contribution < -0.4 is 0 Å². The first kappa shape index (κ1) is 21.8. The summed E-state index contributed by atoms with van der Waals surface area (Å²) in [7, 11) is -3.92. The van der Waals surface area contributed by atoms with Crippen molar-refractivity contribution >= 4 is 10.1 Å². The third-order valence-corrected chi connectivity index (χ3v) is 9.38. The van der Waals surface area contributed by atoms with Crippen LogP contribution >= 0.6 is 0 Å². The predicted molar refractivity (Wildman–Crippen MR) is 115 cm³/mol. The zero-order chi connectivity index (χ0) is 22.0. The largest absolute Gasteiger partial charge is 0.365 e. The molecule has 4 fully saturated rings. The molecule has 0 radical (unpaired) electrons. The number of rotatable bonds is 9. The molecule has 2 aliphatic heterocycles. The minimum Gasteiger partial charge on any atom is -0.365 e. The summed E-state index contributed by atoms with van der Waals surface area (Å²) in [5.41, 5.74) is 0.995. The average Bonchev–Trinajstić information content (AvgIpc) is 3.40. The molecule has 5 rings (SSSR count). The zero-order valence-electron chi connectivity index (χ0n) is 18.6. The number of aliphatic hydroxyl groups is 1. The molecule has 0 spiro atoms. The summed E-state index contributed by atoms with van der Waals surface area (Å²) in [6, 6.07) is 6.73. The molecule has 2 saturated heterocycles. The van der Waals surface area contributed by atoms with Crippen LogP contribution in [0.3, 0.4) is 0 Å². The molecule has 6 unspecified atom stereocenters. The SMILES string of the molecule is CCCCC12OC3C4CC(C(C41)[C@](O)(CCCC)O2)[C@@H]3OS(=O)(=O)c1ccc(C)cc1. The van der Waals surface area contributed by atoms with E-state index in [1.54, 1.807) is 24.3 Å². The van der Waals surface area contributed by atoms with Gasteiger partial charge in [0, 0.05) is 24.7 Å². The second-order valence-corrected chi connectivity index (χ2v) is 11.6. The minimum atomic E-state index is -3.92. The maximum Gasteiger partial charge on any atom is 0.297 e. The van der Waals surface area contributed by atoms with Crippen molar-refractivity contribution in [3.63, 3.8) is 0 Å². The lowest BCUT2D eigenvalue weighted by atomic mass is 9.72. The molecular formula is C24H34O6S. The Morgan fingerprint density at radius 2 is 1.74 bits per heavy atom. The van der Waals surface area contributed by atoms with E-state index in [0.717, 1.165) is 44.1 Å². The van der Waals surface area contributed by atoms with E-state index in [1.165, 1.54) is 0 Å². The Bertz CT molecular complexity index is 930. The first-order valence-corrected chi connectivity index (χ1v) is 13.3. The fourth-order valence-corrected chi connectivity index (χ4v) is 7.95. The molecule has 2 heterocycles. The van der Waals surface area contributed by atoms with Gasteiger partial charge in [0.2, 0.25) is 0 Å². The predicted octanol–water partition coefficient (Wildman–Crippen LogP) is 4.15. The second-order valence-electron chi connectivity index (χ2n) is 9.99. The molecule has 1 N–H and O–H groups in total. The number of benzene rings is 1. The lowest BCUT2D eigenvalue weighted by Gasteiger charge is -2.40. The van der Waals surface area contributed by atoms with Gasteiger partial charge < -0.3 is 14.6 Å². The van der Waals surface area contributed by atoms with Crippen LogP contribution in [0.4, 0.5) is 0 Å². The van der Waals surface area contributed by atoms with Crippen molar-refractivity contribution in [2.24, 2.45) is 23.7 Å². The molecule has 6 nitrogen and oxygen atoms in total. The van der Waals surface area contributed by atoms with Crippen molar-refractivity contribution < 1.29 is 27.2 Å². The van der Waals surface area contributed by atoms with Crippen molar-refractivity contribution in [2.75, 3.05) is 0 Å². The van der Waals surface area contributed by atoms with Gasteiger partial charge in [-0.2, -0.15) is 8.42 Å². The Kier molecular flexibility index (Phi) is 5.30. The molecule has 0 aromatic heterocycles. The highest BCUT2D eigenvalue weighted by atomic mass is 32.2. The van der Waals surface area contributed by atoms with Gasteiger partial charge in [0.05, 0.1) is 11.0 Å². The molecule has 2 aliphatic carbocycles. The summed E-state index contributed by atoms with van der Waals surface area (Å²) < 4.78 is 45.0. The van der Waals surface area contributed by atoms with Gasteiger partial charge in [0.15, 0.2) is 11.6 Å². The summed E-state index contributed by atoms with van der Waals surface area (Å²) in [5, 5.41) is 11.6. The fourth-order valence-electron chi connectivity index (χ4n) is 6.82. The molecular weight excluding hydrogens is 416 g/mol. The Labute approximate surface area is 185 Å². The van der Waals surface area contributed by atoms with Crippen LogP contribution in [0.5, 0.6) is 0 Å². The molecule has 7 heteroatoms. The number of ether oxygens (including phenoxy) is 2. The van der Waals surface area contributed by atoms with Crippen LogP contribution in [0.1, 0.15) is 64.4 Å². The first-order valence-electron chi connectivity index (χ1n) is 11.8. The second kappa shape index (κ2) is 7.52. The van der Waals surface area contributed by atoms with Gasteiger partial charge in [0.25, 0.3) is 10.1 Å². The standard InChI is InChI=1S/C24H34O6S/c1-4-6-12-23(25)19-17-14-18-20(19)24(30-23,13-7-5-2)28-21(18)22(17)29-31(26,27)16-10-8-15(3)9-11-16/h8-11,17-22,25H,4-7,12-14H2,1-3H3/t17?,18?,19?,20?,21?,22-,23-,24?/m0/s1. The van der Waals surface area contributed by atoms with Gasteiger partial charge >= 0.3 is 0 Å². The van der Waals surface area contributed by atoms with Crippen LogP contribution in [-0.4, -0.2) is 37.3 Å². The first-order chi connectivity index (χ1) is 14.7. The van der Waals surface area contributed by atoms with Crippen molar-refractivity contribution in [3.8, 4) is 0 Å². The fraction of sp³-hybridized carbons (Fsp3) is 0.750. The maximum absolute atomic E-state index is 13.1. The van der Waals surface area contributed by atoms with E-state index in [1.807, 2.05) is 6.92 Å². The van der Waals surface area contributed by atoms with Crippen LogP contribution in [0, 0.1) is 30.6 Å². The van der Waals surface area contributed by atoms with Crippen LogP contribution in [0.25, 0.3) is 0 Å². The quantitative estimate of drug-likeness (QED) is 0.569. The molecule has 4 aliphatic rings. The molecule has 1 aromatic carbocycles. The summed E-state index contributed by atoms with van der Waals surface area (Å²) in [4.78, 5) is 0.166. The van der Waals surface area contributed by atoms with Gasteiger partial charge in [-0.15, -0.1) is 0 Å². The Morgan fingerprint density at radius 3 is 2.42 bits per heavy atom. The molecule has 172 valence electrons. The molecule has 1 aromatic rings. The summed E-state index contributed by atoms with van der Waals surface area (Å²) in [5.74, 6) is -1.99. The molecule has 31 heavy (non-hydrogen) atoms. The molecule has 2 saturated carbocycles. The molecule has 0 amide bonds. The number of hydrogen-bond donors (Lipinski definition) is 1. The Balaban J connectivity index is 1.46. The highest BCUT2D eigenvalue weighted by Crippen LogP contribution is 2.72. The third kappa shape index (κ3) is 3.22. The van der Waals surface area contributed by atoms with Crippen LogP contribution in [-0.2, 0) is 23.8 Å². The average molecular weight is 451 g/mol. The smallest absolute Gasteiger partial charge is 0.297 e. The van der Waals surface area contributed by atoms with E-state index < -0.39 is 27.8 Å². The molecule has 2 bridgehead atoms. The van der Waals surface area contributed by atoms with Gasteiger partial charge in [-0.05, 0) is 50.2 Å². The highest BCUT2D eigenvalue weighted by Gasteiger charge is 2.80.